The monoisotopic (exact) mass is 513 g/mol. The molecule has 0 spiro atoms. The molecule has 1 N–H and O–H groups in total. The molecule has 0 aromatic heterocycles. The highest BCUT2D eigenvalue weighted by Gasteiger charge is 2.25. The summed E-state index contributed by atoms with van der Waals surface area (Å²) in [5.74, 6) is 0.144. The maximum absolute atomic E-state index is 13.1. The van der Waals surface area contributed by atoms with E-state index in [1.807, 2.05) is 24.3 Å². The number of hydrogen-bond acceptors (Lipinski definition) is 4. The second kappa shape index (κ2) is 10.1. The molecule has 34 heavy (non-hydrogen) atoms. The summed E-state index contributed by atoms with van der Waals surface area (Å²) in [4.78, 5) is 14.9. The van der Waals surface area contributed by atoms with Gasteiger partial charge in [-0.05, 0) is 78.9 Å². The zero-order chi connectivity index (χ0) is 24.3. The zero-order valence-corrected chi connectivity index (χ0v) is 20.4. The Labute approximate surface area is 208 Å². The van der Waals surface area contributed by atoms with Crippen LogP contribution in [0.4, 0.5) is 5.69 Å². The molecule has 0 saturated carbocycles. The molecule has 3 aromatic rings. The molecule has 1 aliphatic rings. The van der Waals surface area contributed by atoms with E-state index in [0.29, 0.717) is 35.2 Å². The van der Waals surface area contributed by atoms with Crippen LogP contribution in [0.25, 0.3) is 0 Å². The number of rotatable bonds is 5. The lowest BCUT2D eigenvalue weighted by molar-refractivity contribution is 0.0713. The van der Waals surface area contributed by atoms with E-state index in [1.165, 1.54) is 36.4 Å². The van der Waals surface area contributed by atoms with Gasteiger partial charge in [0, 0.05) is 23.7 Å². The van der Waals surface area contributed by atoms with E-state index in [0.717, 1.165) is 18.4 Å². The molecular formula is C25H21Cl2N3O3S. The van der Waals surface area contributed by atoms with Crippen molar-refractivity contribution >= 4 is 44.8 Å². The lowest BCUT2D eigenvalue weighted by Gasteiger charge is -2.32. The zero-order valence-electron chi connectivity index (χ0n) is 18.0. The van der Waals surface area contributed by atoms with Crippen molar-refractivity contribution in [3.05, 3.63) is 93.5 Å². The third-order valence-corrected chi connectivity index (χ3v) is 7.84. The van der Waals surface area contributed by atoms with E-state index in [-0.39, 0.29) is 21.5 Å². The minimum absolute atomic E-state index is 0.0366. The summed E-state index contributed by atoms with van der Waals surface area (Å²) >= 11 is 12.1. The summed E-state index contributed by atoms with van der Waals surface area (Å²) in [6.07, 6.45) is 1.61. The maximum Gasteiger partial charge on any atom is 0.261 e. The Kier molecular flexibility index (Phi) is 7.13. The normalized spacial score (nSPS) is 14.4. The van der Waals surface area contributed by atoms with E-state index >= 15 is 0 Å². The van der Waals surface area contributed by atoms with Crippen LogP contribution in [-0.2, 0) is 10.0 Å². The minimum Gasteiger partial charge on any atom is -0.339 e. The highest BCUT2D eigenvalue weighted by Crippen LogP contribution is 2.31. The number of benzene rings is 3. The van der Waals surface area contributed by atoms with Crippen molar-refractivity contribution in [1.29, 1.82) is 5.26 Å². The quantitative estimate of drug-likeness (QED) is 0.474. The van der Waals surface area contributed by atoms with E-state index in [9.17, 15) is 13.2 Å². The van der Waals surface area contributed by atoms with E-state index in [4.69, 9.17) is 28.5 Å². The molecule has 0 radical (unpaired) electrons. The fraction of sp³-hybridized carbons (Fsp3) is 0.200. The van der Waals surface area contributed by atoms with Gasteiger partial charge in [0.15, 0.2) is 0 Å². The lowest BCUT2D eigenvalue weighted by atomic mass is 9.89. The number of hydrogen-bond donors (Lipinski definition) is 1. The first kappa shape index (κ1) is 24.1. The Balaban J connectivity index is 1.45. The van der Waals surface area contributed by atoms with Crippen LogP contribution in [0, 0.1) is 11.3 Å². The number of nitriles is 1. The summed E-state index contributed by atoms with van der Waals surface area (Å²) in [5.41, 5.74) is 2.28. The van der Waals surface area contributed by atoms with Crippen LogP contribution in [0.3, 0.4) is 0 Å². The predicted octanol–water partition coefficient (Wildman–Crippen LogP) is 5.69. The van der Waals surface area contributed by atoms with Crippen LogP contribution in [-0.4, -0.2) is 32.3 Å². The third-order valence-electron chi connectivity index (χ3n) is 5.87. The Morgan fingerprint density at radius 3 is 2.24 bits per heavy atom. The van der Waals surface area contributed by atoms with Gasteiger partial charge in [0.2, 0.25) is 0 Å². The van der Waals surface area contributed by atoms with Gasteiger partial charge >= 0.3 is 0 Å². The summed E-state index contributed by atoms with van der Waals surface area (Å²) < 4.78 is 27.9. The standard InChI is InChI=1S/C25H21Cl2N3O3S/c26-21-6-8-22(9-7-21)34(32,33)29-24-15-20(5-10-23(24)27)25(31)30-13-11-19(12-14-30)18-3-1-17(16-28)2-4-18/h1-10,15,19,29H,11-14H2. The largest absolute Gasteiger partial charge is 0.339 e. The van der Waals surface area contributed by atoms with Crippen molar-refractivity contribution in [3.8, 4) is 6.07 Å². The van der Waals surface area contributed by atoms with E-state index < -0.39 is 10.0 Å². The highest BCUT2D eigenvalue weighted by molar-refractivity contribution is 7.92. The number of anilines is 1. The molecule has 1 heterocycles. The van der Waals surface area contributed by atoms with Crippen molar-refractivity contribution < 1.29 is 13.2 Å². The van der Waals surface area contributed by atoms with Gasteiger partial charge in [0.25, 0.3) is 15.9 Å². The average molecular weight is 514 g/mol. The fourth-order valence-corrected chi connectivity index (χ4v) is 5.40. The van der Waals surface area contributed by atoms with Crippen LogP contribution < -0.4 is 4.72 Å². The van der Waals surface area contributed by atoms with Gasteiger partial charge < -0.3 is 4.90 Å². The molecule has 3 aromatic carbocycles. The second-order valence-corrected chi connectivity index (χ2v) is 10.6. The lowest BCUT2D eigenvalue weighted by Crippen LogP contribution is -2.38. The number of carbonyl (C=O) groups is 1. The fourth-order valence-electron chi connectivity index (χ4n) is 3.98. The van der Waals surface area contributed by atoms with E-state index in [1.54, 1.807) is 11.0 Å². The summed E-state index contributed by atoms with van der Waals surface area (Å²) in [6, 6.07) is 20.0. The van der Waals surface area contributed by atoms with Gasteiger partial charge in [-0.15, -0.1) is 0 Å². The molecule has 1 amide bonds. The first-order chi connectivity index (χ1) is 16.3. The third kappa shape index (κ3) is 5.36. The summed E-state index contributed by atoms with van der Waals surface area (Å²) in [5, 5.41) is 9.58. The number of halogens is 2. The molecular weight excluding hydrogens is 493 g/mol. The summed E-state index contributed by atoms with van der Waals surface area (Å²) in [6.45, 7) is 1.16. The van der Waals surface area contributed by atoms with Crippen molar-refractivity contribution in [3.63, 3.8) is 0 Å². The number of amides is 1. The molecule has 1 fully saturated rings. The Morgan fingerprint density at radius 2 is 1.62 bits per heavy atom. The van der Waals surface area contributed by atoms with Crippen molar-refractivity contribution in [2.45, 2.75) is 23.7 Å². The number of carbonyl (C=O) groups excluding carboxylic acids is 1. The number of likely N-dealkylation sites (tertiary alicyclic amines) is 1. The van der Waals surface area contributed by atoms with Gasteiger partial charge in [0.05, 0.1) is 27.2 Å². The molecule has 0 unspecified atom stereocenters. The van der Waals surface area contributed by atoms with Crippen molar-refractivity contribution in [2.24, 2.45) is 0 Å². The van der Waals surface area contributed by atoms with Crippen molar-refractivity contribution in [1.82, 2.24) is 4.90 Å². The molecule has 9 heteroatoms. The first-order valence-electron chi connectivity index (χ1n) is 10.6. The van der Waals surface area contributed by atoms with Gasteiger partial charge in [0.1, 0.15) is 0 Å². The maximum atomic E-state index is 13.1. The Morgan fingerprint density at radius 1 is 0.971 bits per heavy atom. The van der Waals surface area contributed by atoms with E-state index in [2.05, 4.69) is 10.8 Å². The molecule has 174 valence electrons. The topological polar surface area (TPSA) is 90.3 Å². The van der Waals surface area contributed by atoms with Gasteiger partial charge in [-0.25, -0.2) is 8.42 Å². The number of nitrogens with zero attached hydrogens (tertiary/aromatic N) is 2. The molecule has 0 bridgehead atoms. The smallest absolute Gasteiger partial charge is 0.261 e. The Hall–Kier alpha value is -3.05. The molecule has 6 nitrogen and oxygen atoms in total. The molecule has 4 rings (SSSR count). The minimum atomic E-state index is -3.90. The molecule has 0 atom stereocenters. The molecule has 1 aliphatic heterocycles. The van der Waals surface area contributed by atoms with Crippen LogP contribution in [0.2, 0.25) is 10.0 Å². The number of piperidine rings is 1. The van der Waals surface area contributed by atoms with Crippen LogP contribution in [0.15, 0.2) is 71.6 Å². The van der Waals surface area contributed by atoms with Crippen LogP contribution in [0.5, 0.6) is 0 Å². The van der Waals surface area contributed by atoms with Gasteiger partial charge in [-0.1, -0.05) is 35.3 Å². The van der Waals surface area contributed by atoms with Crippen LogP contribution in [0.1, 0.15) is 40.2 Å². The van der Waals surface area contributed by atoms with Crippen molar-refractivity contribution in [2.75, 3.05) is 17.8 Å². The highest BCUT2D eigenvalue weighted by atomic mass is 35.5. The summed E-state index contributed by atoms with van der Waals surface area (Å²) in [7, 11) is -3.90. The number of nitrogens with one attached hydrogen (secondary N) is 1. The van der Waals surface area contributed by atoms with Gasteiger partial charge in [-0.2, -0.15) is 5.26 Å². The molecule has 1 saturated heterocycles. The van der Waals surface area contributed by atoms with Crippen LogP contribution >= 0.6 is 23.2 Å². The predicted molar refractivity (Wildman–Crippen MR) is 133 cm³/mol. The Bertz CT molecular complexity index is 1340. The average Bonchev–Trinajstić information content (AvgIpc) is 2.85. The SMILES string of the molecule is N#Cc1ccc(C2CCN(C(=O)c3ccc(Cl)c(NS(=O)(=O)c4ccc(Cl)cc4)c3)CC2)cc1. The first-order valence-corrected chi connectivity index (χ1v) is 12.9. The molecule has 0 aliphatic carbocycles. The second-order valence-electron chi connectivity index (χ2n) is 8.05. The number of sulfonamides is 1. The van der Waals surface area contributed by atoms with Gasteiger partial charge in [-0.3, -0.25) is 9.52 Å².